The Labute approximate surface area is 37.4 Å². The molecule has 0 bridgehead atoms. The Kier molecular flexibility index (Phi) is 5000. The minimum absolute atomic E-state index is 0. The predicted molar refractivity (Wildman–Crippen MR) is 11.9 cm³/mol. The van der Waals surface area contributed by atoms with E-state index >= 15 is 0 Å². The summed E-state index contributed by atoms with van der Waals surface area (Å²) in [5.41, 5.74) is 0. The predicted octanol–water partition coefficient (Wildman–Crippen LogP) is -2.06. The number of hydrogen-bond donors (Lipinski definition) is 0. The summed E-state index contributed by atoms with van der Waals surface area (Å²) >= 11 is 1.75. The number of hydrogen-bond acceptors (Lipinski definition) is 0. The van der Waals surface area contributed by atoms with Crippen molar-refractivity contribution in [2.24, 2.45) is 0 Å². The Balaban J connectivity index is -0.00000000167. The third-order valence-electron chi connectivity index (χ3n) is 0. The van der Waals surface area contributed by atoms with Crippen LogP contribution in [0.5, 0.6) is 0 Å². The van der Waals surface area contributed by atoms with Gasteiger partial charge in [-0.3, -0.25) is 0 Å². The van der Waals surface area contributed by atoms with E-state index in [1.807, 2.05) is 0 Å². The molecule has 0 aromatic rings. The first-order valence-electron chi connectivity index (χ1n) is 0.134. The summed E-state index contributed by atoms with van der Waals surface area (Å²) in [5.74, 6) is 0. The first-order valence-corrected chi connectivity index (χ1v) is 0.551. The summed E-state index contributed by atoms with van der Waals surface area (Å²) in [6, 6.07) is 0. The van der Waals surface area contributed by atoms with Crippen LogP contribution >= 0.6 is 0 Å². The molecule has 0 spiro atoms. The van der Waals surface area contributed by atoms with Crippen LogP contribution in [0.2, 0.25) is 0 Å². The molecule has 39 valence electrons. The van der Waals surface area contributed by atoms with Crippen molar-refractivity contribution in [1.29, 1.82) is 0 Å². The molecule has 6 N–H and O–H groups in total. The van der Waals surface area contributed by atoms with E-state index in [1.54, 1.807) is 16.5 Å². The molecule has 0 aromatic carbocycles. The van der Waals surface area contributed by atoms with E-state index in [2.05, 4.69) is 0 Å². The van der Waals surface area contributed by atoms with E-state index in [4.69, 9.17) is 0 Å². The van der Waals surface area contributed by atoms with Crippen LogP contribution < -0.4 is 0 Å². The Hall–Kier alpha value is 0.329. The first kappa shape index (κ1) is 56.5. The van der Waals surface area contributed by atoms with Crippen LogP contribution in [0.3, 0.4) is 0 Å². The topological polar surface area (TPSA) is 94.5 Å². The Morgan fingerprint density at radius 2 is 0.800 bits per heavy atom. The van der Waals surface area contributed by atoms with Crippen molar-refractivity contribution in [1.82, 2.24) is 0 Å². The molecule has 5 heavy (non-hydrogen) atoms. The van der Waals surface area contributed by atoms with Crippen molar-refractivity contribution in [3.63, 3.8) is 0 Å². The Bertz CT molecular complexity index is 6.85. The zero-order valence-corrected chi connectivity index (χ0v) is 3.34. The zero-order chi connectivity index (χ0) is 2.00. The fourth-order valence-corrected chi connectivity index (χ4v) is 0. The molecule has 0 heterocycles. The summed E-state index contributed by atoms with van der Waals surface area (Å²) in [6.07, 6.45) is 0. The molecular weight excluding hydrogens is 123 g/mol. The van der Waals surface area contributed by atoms with Crippen molar-refractivity contribution in [2.75, 3.05) is 0 Å². The summed E-state index contributed by atoms with van der Waals surface area (Å²) in [5, 5.41) is 0. The van der Waals surface area contributed by atoms with Gasteiger partial charge in [0.15, 0.2) is 0 Å². The van der Waals surface area contributed by atoms with Crippen molar-refractivity contribution in [3.05, 3.63) is 0 Å². The van der Waals surface area contributed by atoms with Gasteiger partial charge >= 0.3 is 20.0 Å². The standard InChI is InChI=1S/FH.Fe.3H2O/h1H;;3*1H2/q;+1;;;/p-1. The average Bonchev–Trinajstić information content (AvgIpc) is 1.00. The average molecular weight is 129 g/mol. The molecule has 5 heteroatoms. The molecule has 0 aliphatic carbocycles. The third kappa shape index (κ3) is 216. The molecule has 0 amide bonds. The van der Waals surface area contributed by atoms with Gasteiger partial charge in [0, 0.05) is 0 Å². The second-order valence-corrected chi connectivity index (χ2v) is 0. The molecule has 0 atom stereocenters. The number of rotatable bonds is 0. The van der Waals surface area contributed by atoms with Gasteiger partial charge in [0.1, 0.15) is 0 Å². The molecule has 0 radical (unpaired) electrons. The van der Waals surface area contributed by atoms with Gasteiger partial charge in [0.2, 0.25) is 0 Å². The van der Waals surface area contributed by atoms with Gasteiger partial charge in [-0.05, 0) is 0 Å². The summed E-state index contributed by atoms with van der Waals surface area (Å²) in [6.45, 7) is 0. The molecule has 0 unspecified atom stereocenters. The van der Waals surface area contributed by atoms with Crippen LogP contribution in [-0.4, -0.2) is 16.4 Å². The minimum atomic E-state index is 0. The number of halogens is 1. The normalized spacial score (nSPS) is 1.20. The van der Waals surface area contributed by atoms with Crippen LogP contribution in [0.25, 0.3) is 0 Å². The van der Waals surface area contributed by atoms with Crippen molar-refractivity contribution in [3.8, 4) is 0 Å². The molecule has 0 saturated heterocycles. The molecule has 0 saturated carbocycles. The summed E-state index contributed by atoms with van der Waals surface area (Å²) < 4.78 is 9.25. The third-order valence-corrected chi connectivity index (χ3v) is 0. The monoisotopic (exact) mass is 129 g/mol. The van der Waals surface area contributed by atoms with Crippen LogP contribution in [0.15, 0.2) is 0 Å². The maximum atomic E-state index is 9.25. The van der Waals surface area contributed by atoms with Crippen molar-refractivity contribution in [2.45, 2.75) is 0 Å². The second kappa shape index (κ2) is 442. The van der Waals surface area contributed by atoms with Crippen molar-refractivity contribution >= 4 is 0 Å². The Morgan fingerprint density at radius 3 is 0.800 bits per heavy atom. The van der Waals surface area contributed by atoms with Crippen molar-refractivity contribution < 1.29 is 36.4 Å². The van der Waals surface area contributed by atoms with E-state index in [0.717, 1.165) is 0 Å². The molecule has 0 fully saturated rings. The second-order valence-electron chi connectivity index (χ2n) is 0. The molecular formula is H6FFeO3. The van der Waals surface area contributed by atoms with Gasteiger partial charge in [-0.25, -0.2) is 0 Å². The molecule has 0 aliphatic heterocycles. The van der Waals surface area contributed by atoms with Crippen LogP contribution in [0.4, 0.5) is 3.55 Å². The SMILES string of the molecule is O.O.O.[F][Fe]. The molecule has 0 aliphatic rings. The van der Waals surface area contributed by atoms with Gasteiger partial charge in [-0.1, -0.05) is 0 Å². The van der Waals surface area contributed by atoms with Gasteiger partial charge in [0.25, 0.3) is 0 Å². The fraction of sp³-hybridized carbons (Fsp3) is 0. The molecule has 0 aromatic heterocycles. The van der Waals surface area contributed by atoms with E-state index in [-0.39, 0.29) is 16.4 Å². The van der Waals surface area contributed by atoms with Gasteiger partial charge < -0.3 is 16.4 Å². The fourth-order valence-electron chi connectivity index (χ4n) is 0. The van der Waals surface area contributed by atoms with E-state index in [0.29, 0.717) is 0 Å². The van der Waals surface area contributed by atoms with E-state index < -0.39 is 0 Å². The van der Waals surface area contributed by atoms with Gasteiger partial charge in [-0.2, -0.15) is 0 Å². The van der Waals surface area contributed by atoms with Gasteiger partial charge in [0.05, 0.1) is 0 Å². The summed E-state index contributed by atoms with van der Waals surface area (Å²) in [7, 11) is 0. The Morgan fingerprint density at radius 1 is 0.800 bits per heavy atom. The van der Waals surface area contributed by atoms with E-state index in [9.17, 15) is 3.55 Å². The quantitative estimate of drug-likeness (QED) is 0.336. The van der Waals surface area contributed by atoms with Gasteiger partial charge in [-0.15, -0.1) is 0 Å². The zero-order valence-electron chi connectivity index (χ0n) is 2.23. The molecule has 3 nitrogen and oxygen atoms in total. The maximum absolute atomic E-state index is 9.25. The van der Waals surface area contributed by atoms with Crippen LogP contribution in [0, 0.1) is 0 Å². The molecule has 0 rings (SSSR count). The summed E-state index contributed by atoms with van der Waals surface area (Å²) in [4.78, 5) is 0. The van der Waals surface area contributed by atoms with Crippen LogP contribution in [-0.2, 0) is 16.5 Å². The van der Waals surface area contributed by atoms with E-state index in [1.165, 1.54) is 0 Å². The van der Waals surface area contributed by atoms with Crippen LogP contribution in [0.1, 0.15) is 0 Å². The first-order chi connectivity index (χ1) is 1.00.